The lowest BCUT2D eigenvalue weighted by atomic mass is 9.42. The second kappa shape index (κ2) is 8.10. The van der Waals surface area contributed by atoms with Gasteiger partial charge in [0.15, 0.2) is 0 Å². The molecule has 13 atom stereocenters. The Balaban J connectivity index is 1.65. The van der Waals surface area contributed by atoms with E-state index in [-0.39, 0.29) is 60.6 Å². The van der Waals surface area contributed by atoms with Crippen LogP contribution in [0.1, 0.15) is 39.5 Å². The van der Waals surface area contributed by atoms with Gasteiger partial charge < -0.3 is 33.9 Å². The zero-order valence-electron chi connectivity index (χ0n) is 22.4. The summed E-state index contributed by atoms with van der Waals surface area (Å²) >= 11 is 0. The maximum atomic E-state index is 13.1. The third kappa shape index (κ3) is 2.55. The summed E-state index contributed by atoms with van der Waals surface area (Å²) in [5.41, 5.74) is -3.91. The molecule has 6 fully saturated rings. The highest BCUT2D eigenvalue weighted by Crippen LogP contribution is 2.80. The third-order valence-electron chi connectivity index (χ3n) is 11.9. The molecule has 1 spiro atoms. The lowest BCUT2D eigenvalue weighted by Gasteiger charge is -2.70. The molecule has 5 saturated carbocycles. The van der Waals surface area contributed by atoms with Crippen LogP contribution in [0.2, 0.25) is 0 Å². The second-order valence-corrected chi connectivity index (χ2v) is 12.5. The van der Waals surface area contributed by atoms with Crippen molar-refractivity contribution < 1.29 is 38.7 Å². The SMILES string of the molecule is CCN1CC2(COC(C)=O)CCC(OC)C34C5CC6C(OC)CC(O)(C5C6OC)C(O)(C(OC)C23)C14. The first-order chi connectivity index (χ1) is 17.2. The molecule has 0 aromatic rings. The van der Waals surface area contributed by atoms with Gasteiger partial charge in [0.25, 0.3) is 0 Å². The summed E-state index contributed by atoms with van der Waals surface area (Å²) in [5, 5.41) is 26.0. The van der Waals surface area contributed by atoms with Gasteiger partial charge >= 0.3 is 5.97 Å². The van der Waals surface area contributed by atoms with Gasteiger partial charge in [-0.15, -0.1) is 0 Å². The average molecular weight is 510 g/mol. The van der Waals surface area contributed by atoms with Crippen LogP contribution in [0.15, 0.2) is 0 Å². The van der Waals surface area contributed by atoms with E-state index in [1.54, 1.807) is 28.4 Å². The Morgan fingerprint density at radius 2 is 1.83 bits per heavy atom. The number of ether oxygens (including phenoxy) is 5. The standard InChI is InChI=1S/C27H43NO8/c1-7-28-12-24(13-36-14(2)29)9-8-18(33-4)26-16-10-15-17(32-3)11-25(30,19(16)20(15)34-5)27(31,23(26)28)22(35-6)21(24)26/h15-23,30-31H,7-13H2,1-6H3. The highest BCUT2D eigenvalue weighted by atomic mass is 16.5. The van der Waals surface area contributed by atoms with Gasteiger partial charge in [-0.2, -0.15) is 0 Å². The predicted octanol–water partition coefficient (Wildman–Crippen LogP) is 0.842. The molecule has 0 amide bonds. The van der Waals surface area contributed by atoms with E-state index in [0.29, 0.717) is 19.5 Å². The molecule has 6 aliphatic rings. The molecule has 2 N–H and O–H groups in total. The molecule has 9 nitrogen and oxygen atoms in total. The summed E-state index contributed by atoms with van der Waals surface area (Å²) in [6.07, 6.45) is 1.59. The summed E-state index contributed by atoms with van der Waals surface area (Å²) < 4.78 is 30.5. The van der Waals surface area contributed by atoms with E-state index >= 15 is 0 Å². The van der Waals surface area contributed by atoms with Crippen LogP contribution in [0.5, 0.6) is 0 Å². The van der Waals surface area contributed by atoms with Crippen LogP contribution in [-0.2, 0) is 28.5 Å². The number of rotatable bonds is 7. The Morgan fingerprint density at radius 1 is 1.08 bits per heavy atom. The van der Waals surface area contributed by atoms with E-state index in [4.69, 9.17) is 23.7 Å². The fraction of sp³-hybridized carbons (Fsp3) is 0.963. The zero-order valence-corrected chi connectivity index (χ0v) is 22.4. The Hall–Kier alpha value is -0.810. The molecule has 5 aliphatic carbocycles. The van der Waals surface area contributed by atoms with Gasteiger partial charge in [0.05, 0.1) is 37.1 Å². The van der Waals surface area contributed by atoms with Gasteiger partial charge in [0.2, 0.25) is 0 Å². The molecule has 0 aromatic heterocycles. The quantitative estimate of drug-likeness (QED) is 0.483. The molecule has 6 rings (SSSR count). The second-order valence-electron chi connectivity index (χ2n) is 12.5. The number of likely N-dealkylation sites (tertiary alicyclic amines) is 1. The normalized spacial score (nSPS) is 56.6. The molecule has 13 unspecified atom stereocenters. The van der Waals surface area contributed by atoms with Crippen molar-refractivity contribution in [3.63, 3.8) is 0 Å². The number of hydrogen-bond donors (Lipinski definition) is 2. The van der Waals surface area contributed by atoms with Crippen LogP contribution in [0.3, 0.4) is 0 Å². The van der Waals surface area contributed by atoms with Gasteiger partial charge in [0, 0.05) is 76.9 Å². The highest BCUT2D eigenvalue weighted by molar-refractivity contribution is 5.66. The first kappa shape index (κ1) is 25.5. The summed E-state index contributed by atoms with van der Waals surface area (Å²) in [6.45, 7) is 5.22. The Labute approximate surface area is 213 Å². The Bertz CT molecular complexity index is 918. The first-order valence-corrected chi connectivity index (χ1v) is 13.6. The summed E-state index contributed by atoms with van der Waals surface area (Å²) in [5.74, 6) is -0.523. The minimum Gasteiger partial charge on any atom is -0.465 e. The number of nitrogens with zero attached hydrogens (tertiary/aromatic N) is 1. The van der Waals surface area contributed by atoms with Crippen molar-refractivity contribution in [2.45, 2.75) is 81.2 Å². The number of aliphatic hydroxyl groups is 2. The van der Waals surface area contributed by atoms with Gasteiger partial charge in [0.1, 0.15) is 11.2 Å². The number of methoxy groups -OCH3 is 4. The van der Waals surface area contributed by atoms with Gasteiger partial charge in [-0.3, -0.25) is 9.69 Å². The molecule has 0 aromatic carbocycles. The number of hydrogen-bond acceptors (Lipinski definition) is 9. The van der Waals surface area contributed by atoms with Crippen LogP contribution in [0, 0.1) is 34.5 Å². The van der Waals surface area contributed by atoms with Crippen molar-refractivity contribution >= 4 is 5.97 Å². The van der Waals surface area contributed by atoms with Crippen molar-refractivity contribution in [3.8, 4) is 0 Å². The van der Waals surface area contributed by atoms with Gasteiger partial charge in [-0.05, 0) is 31.7 Å². The van der Waals surface area contributed by atoms with Crippen molar-refractivity contribution in [2.75, 3.05) is 48.1 Å². The van der Waals surface area contributed by atoms with Crippen LogP contribution in [-0.4, -0.2) is 111 Å². The number of fused-ring (bicyclic) bond motifs is 2. The molecule has 1 heterocycles. The van der Waals surface area contributed by atoms with Crippen LogP contribution in [0.25, 0.3) is 0 Å². The topological polar surface area (TPSA) is 107 Å². The minimum absolute atomic E-state index is 0.0457. The summed E-state index contributed by atoms with van der Waals surface area (Å²) in [4.78, 5) is 14.4. The summed E-state index contributed by atoms with van der Waals surface area (Å²) in [7, 11) is 6.83. The van der Waals surface area contributed by atoms with Crippen molar-refractivity contribution in [1.82, 2.24) is 4.90 Å². The van der Waals surface area contributed by atoms with E-state index in [0.717, 1.165) is 19.3 Å². The monoisotopic (exact) mass is 509 g/mol. The van der Waals surface area contributed by atoms with Crippen molar-refractivity contribution in [3.05, 3.63) is 0 Å². The molecule has 1 aliphatic heterocycles. The average Bonchev–Trinajstić information content (AvgIpc) is 3.28. The summed E-state index contributed by atoms with van der Waals surface area (Å²) in [6, 6.07) is -0.348. The van der Waals surface area contributed by atoms with Crippen molar-refractivity contribution in [1.29, 1.82) is 0 Å². The van der Waals surface area contributed by atoms with Gasteiger partial charge in [-0.25, -0.2) is 0 Å². The fourth-order valence-electron chi connectivity index (χ4n) is 11.2. The van der Waals surface area contributed by atoms with E-state index < -0.39 is 28.1 Å². The zero-order chi connectivity index (χ0) is 25.8. The molecule has 7 bridgehead atoms. The molecule has 36 heavy (non-hydrogen) atoms. The molecular formula is C27H43NO8. The number of carbonyl (C=O) groups is 1. The third-order valence-corrected chi connectivity index (χ3v) is 11.9. The largest absolute Gasteiger partial charge is 0.465 e. The number of esters is 1. The van der Waals surface area contributed by atoms with E-state index in [1.165, 1.54) is 6.92 Å². The predicted molar refractivity (Wildman–Crippen MR) is 128 cm³/mol. The van der Waals surface area contributed by atoms with E-state index in [2.05, 4.69) is 11.8 Å². The molecule has 9 heteroatoms. The lowest BCUT2D eigenvalue weighted by molar-refractivity contribution is -0.320. The molecule has 0 radical (unpaired) electrons. The highest BCUT2D eigenvalue weighted by Gasteiger charge is 2.91. The van der Waals surface area contributed by atoms with Crippen LogP contribution < -0.4 is 0 Å². The smallest absolute Gasteiger partial charge is 0.302 e. The molecular weight excluding hydrogens is 466 g/mol. The van der Waals surface area contributed by atoms with Crippen LogP contribution >= 0.6 is 0 Å². The molecule has 1 saturated heterocycles. The first-order valence-electron chi connectivity index (χ1n) is 13.6. The number of piperidine rings is 1. The minimum atomic E-state index is -1.56. The Kier molecular flexibility index (Phi) is 5.73. The number of carbonyl (C=O) groups excluding carboxylic acids is 1. The van der Waals surface area contributed by atoms with Crippen molar-refractivity contribution in [2.24, 2.45) is 34.5 Å². The maximum Gasteiger partial charge on any atom is 0.302 e. The maximum absolute atomic E-state index is 13.1. The van der Waals surface area contributed by atoms with E-state index in [9.17, 15) is 15.0 Å². The Morgan fingerprint density at radius 3 is 2.42 bits per heavy atom. The van der Waals surface area contributed by atoms with E-state index in [1.807, 2.05) is 0 Å². The molecule has 204 valence electrons. The lowest BCUT2D eigenvalue weighted by Crippen LogP contribution is -2.82. The van der Waals surface area contributed by atoms with Crippen LogP contribution in [0.4, 0.5) is 0 Å². The van der Waals surface area contributed by atoms with Gasteiger partial charge in [-0.1, -0.05) is 6.92 Å². The number of likely N-dealkylation sites (N-methyl/N-ethyl adjacent to an activating group) is 1. The fourth-order valence-corrected chi connectivity index (χ4v) is 11.2.